The molecule has 54 heavy (non-hydrogen) atoms. The van der Waals surface area contributed by atoms with Crippen LogP contribution in [0.2, 0.25) is 0 Å². The second-order valence-corrected chi connectivity index (χ2v) is 15.9. The number of anilines is 6. The minimum Gasteiger partial charge on any atom is -0.453 e. The molecule has 0 bridgehead atoms. The smallest absolute Gasteiger partial charge is 0.252 e. The maximum Gasteiger partial charge on any atom is 0.252 e. The fourth-order valence-corrected chi connectivity index (χ4v) is 9.78. The molecule has 0 amide bonds. The van der Waals surface area contributed by atoms with Gasteiger partial charge >= 0.3 is 0 Å². The zero-order chi connectivity index (χ0) is 36.3. The Labute approximate surface area is 314 Å². The molecule has 7 aromatic carbocycles. The van der Waals surface area contributed by atoms with Crippen molar-refractivity contribution in [2.75, 3.05) is 9.80 Å². The monoisotopic (exact) mass is 697 g/mol. The number of rotatable bonds is 1. The molecule has 258 valence electrons. The molecule has 0 unspecified atom stereocenters. The summed E-state index contributed by atoms with van der Waals surface area (Å²) in [5.74, 6) is 3.54. The highest BCUT2D eigenvalue weighted by molar-refractivity contribution is 7.00. The predicted octanol–water partition coefficient (Wildman–Crippen LogP) is 10.9. The molecule has 5 heterocycles. The lowest BCUT2D eigenvalue weighted by Gasteiger charge is -2.47. The van der Waals surface area contributed by atoms with Gasteiger partial charge in [0.25, 0.3) is 6.71 Å². The molecule has 4 aliphatic heterocycles. The quantitative estimate of drug-likeness (QED) is 0.160. The van der Waals surface area contributed by atoms with Gasteiger partial charge in [0.2, 0.25) is 0 Å². The number of hydrogen-bond acceptors (Lipinski definition) is 4. The molecule has 4 aliphatic rings. The first-order valence-electron chi connectivity index (χ1n) is 18.9. The number of hydrogen-bond donors (Lipinski definition) is 0. The van der Waals surface area contributed by atoms with Gasteiger partial charge in [0.15, 0.2) is 23.0 Å². The summed E-state index contributed by atoms with van der Waals surface area (Å²) >= 11 is 0. The van der Waals surface area contributed by atoms with Crippen LogP contribution in [0.3, 0.4) is 0 Å². The number of aromatic nitrogens is 1. The lowest BCUT2D eigenvalue weighted by Crippen LogP contribution is -2.62. The number of benzene rings is 7. The van der Waals surface area contributed by atoms with Crippen molar-refractivity contribution in [2.24, 2.45) is 0 Å². The summed E-state index contributed by atoms with van der Waals surface area (Å²) in [6, 6.07) is 41.0. The van der Waals surface area contributed by atoms with Crippen LogP contribution in [0.5, 0.6) is 23.0 Å². The third kappa shape index (κ3) is 3.85. The molecule has 0 aliphatic carbocycles. The number of nitrogens with zero attached hydrogens (tertiary/aromatic N) is 3. The van der Waals surface area contributed by atoms with Crippen LogP contribution < -0.4 is 35.7 Å². The first-order chi connectivity index (χ1) is 26.2. The lowest BCUT2D eigenvalue weighted by molar-refractivity contribution is 0.476. The van der Waals surface area contributed by atoms with Crippen LogP contribution in [0.25, 0.3) is 27.5 Å². The van der Waals surface area contributed by atoms with E-state index < -0.39 is 0 Å². The van der Waals surface area contributed by atoms with Gasteiger partial charge in [0.1, 0.15) is 0 Å². The van der Waals surface area contributed by atoms with Gasteiger partial charge in [-0.1, -0.05) is 47.5 Å². The number of fused-ring (bicyclic) bond motifs is 11. The number of aryl methyl sites for hydroxylation is 6. The molecular formula is C48H36BN3O2. The maximum absolute atomic E-state index is 6.85. The van der Waals surface area contributed by atoms with Crippen molar-refractivity contribution < 1.29 is 9.47 Å². The molecule has 0 atom stereocenters. The van der Waals surface area contributed by atoms with E-state index in [2.05, 4.69) is 165 Å². The van der Waals surface area contributed by atoms with Crippen LogP contribution in [-0.4, -0.2) is 11.3 Å². The van der Waals surface area contributed by atoms with Gasteiger partial charge in [0, 0.05) is 22.1 Å². The highest BCUT2D eigenvalue weighted by Gasteiger charge is 2.48. The van der Waals surface area contributed by atoms with Crippen molar-refractivity contribution in [3.63, 3.8) is 0 Å². The Morgan fingerprint density at radius 2 is 0.833 bits per heavy atom. The molecule has 1 aromatic heterocycles. The van der Waals surface area contributed by atoms with Crippen LogP contribution in [-0.2, 0) is 0 Å². The second kappa shape index (κ2) is 10.2. The normalized spacial score (nSPS) is 13.9. The van der Waals surface area contributed by atoms with Crippen LogP contribution in [0.15, 0.2) is 109 Å². The SMILES string of the molecule is Cc1ccc2c(c1)Oc1cc(C)cc3c1N2c1cc(-n2c4ccc(C)cc4c4cc(C)ccc42)cc2c1B3c1cc(C)cc3c1N2c1ccc(C)cc1O3. The standard InChI is InChI=1S/C48H36BN3O2/c1-25-7-11-36-32(15-25)33-16-26(2)8-12-37(33)50(36)31-23-40-46-41(24-31)52-39-14-10-28(4)20-43(39)54-45-22-30(6)18-35(48(45)52)49(46)34-17-29(5)21-44-47(34)51(40)38-13-9-27(3)19-42(38)53-44/h7-24H,1-6H3. The summed E-state index contributed by atoms with van der Waals surface area (Å²) in [7, 11) is 0. The molecule has 5 nitrogen and oxygen atoms in total. The van der Waals surface area contributed by atoms with Crippen molar-refractivity contribution in [1.29, 1.82) is 0 Å². The largest absolute Gasteiger partial charge is 0.453 e. The average Bonchev–Trinajstić information content (AvgIpc) is 3.45. The molecule has 0 N–H and O–H groups in total. The fraction of sp³-hybridized carbons (Fsp3) is 0.125. The van der Waals surface area contributed by atoms with E-state index in [1.165, 1.54) is 82.9 Å². The first kappa shape index (κ1) is 30.1. The van der Waals surface area contributed by atoms with Gasteiger partial charge in [-0.15, -0.1) is 0 Å². The highest BCUT2D eigenvalue weighted by atomic mass is 16.5. The summed E-state index contributed by atoms with van der Waals surface area (Å²) in [4.78, 5) is 4.98. The Morgan fingerprint density at radius 1 is 0.407 bits per heavy atom. The third-order valence-corrected chi connectivity index (χ3v) is 11.9. The van der Waals surface area contributed by atoms with Gasteiger partial charge in [-0.3, -0.25) is 0 Å². The molecule has 12 rings (SSSR count). The highest BCUT2D eigenvalue weighted by Crippen LogP contribution is 2.57. The topological polar surface area (TPSA) is 29.9 Å². The molecule has 0 radical (unpaired) electrons. The summed E-state index contributed by atoms with van der Waals surface area (Å²) < 4.78 is 16.2. The third-order valence-electron chi connectivity index (χ3n) is 11.9. The van der Waals surface area contributed by atoms with Crippen molar-refractivity contribution in [1.82, 2.24) is 4.57 Å². The van der Waals surface area contributed by atoms with Gasteiger partial charge in [-0.2, -0.15) is 0 Å². The van der Waals surface area contributed by atoms with Crippen molar-refractivity contribution in [3.05, 3.63) is 143 Å². The van der Waals surface area contributed by atoms with E-state index in [0.29, 0.717) is 0 Å². The molecule has 0 saturated heterocycles. The van der Waals surface area contributed by atoms with E-state index in [9.17, 15) is 0 Å². The Morgan fingerprint density at radius 3 is 1.31 bits per heavy atom. The van der Waals surface area contributed by atoms with Gasteiger partial charge < -0.3 is 23.8 Å². The zero-order valence-electron chi connectivity index (χ0n) is 31.1. The summed E-state index contributed by atoms with van der Waals surface area (Å²) in [5.41, 5.74) is 21.2. The van der Waals surface area contributed by atoms with Crippen LogP contribution in [0.1, 0.15) is 33.4 Å². The van der Waals surface area contributed by atoms with Gasteiger partial charge in [-0.05, 0) is 153 Å². The summed E-state index contributed by atoms with van der Waals surface area (Å²) in [5, 5.41) is 2.53. The minimum atomic E-state index is -0.0338. The summed E-state index contributed by atoms with van der Waals surface area (Å²) in [6.45, 7) is 13.0. The van der Waals surface area contributed by atoms with Crippen molar-refractivity contribution >= 4 is 79.0 Å². The summed E-state index contributed by atoms with van der Waals surface area (Å²) in [6.07, 6.45) is 0. The predicted molar refractivity (Wildman–Crippen MR) is 223 cm³/mol. The van der Waals surface area contributed by atoms with Gasteiger partial charge in [-0.25, -0.2) is 0 Å². The first-order valence-corrected chi connectivity index (χ1v) is 18.9. The average molecular weight is 698 g/mol. The lowest BCUT2D eigenvalue weighted by atomic mass is 9.33. The Hall–Kier alpha value is -6.40. The van der Waals surface area contributed by atoms with E-state index in [0.717, 1.165) is 51.4 Å². The number of ether oxygens (including phenoxy) is 2. The van der Waals surface area contributed by atoms with E-state index >= 15 is 0 Å². The Balaban J connectivity index is 1.27. The van der Waals surface area contributed by atoms with E-state index in [-0.39, 0.29) is 6.71 Å². The van der Waals surface area contributed by atoms with Gasteiger partial charge in [0.05, 0.1) is 39.5 Å². The van der Waals surface area contributed by atoms with E-state index in [1.807, 2.05) is 0 Å². The molecule has 0 fully saturated rings. The van der Waals surface area contributed by atoms with Crippen LogP contribution >= 0.6 is 0 Å². The van der Waals surface area contributed by atoms with Crippen molar-refractivity contribution in [3.8, 4) is 28.7 Å². The molecule has 0 spiro atoms. The van der Waals surface area contributed by atoms with Crippen molar-refractivity contribution in [2.45, 2.75) is 41.5 Å². The van der Waals surface area contributed by atoms with E-state index in [1.54, 1.807) is 0 Å². The molecule has 0 saturated carbocycles. The Kier molecular flexibility index (Phi) is 5.67. The maximum atomic E-state index is 6.85. The van der Waals surface area contributed by atoms with Crippen LogP contribution in [0, 0.1) is 41.5 Å². The molecular weight excluding hydrogens is 661 g/mol. The molecule has 8 aromatic rings. The van der Waals surface area contributed by atoms with E-state index in [4.69, 9.17) is 9.47 Å². The van der Waals surface area contributed by atoms with Crippen LogP contribution in [0.4, 0.5) is 34.1 Å². The Bertz CT molecular complexity index is 2850. The minimum absolute atomic E-state index is 0.0338. The fourth-order valence-electron chi connectivity index (χ4n) is 9.78. The molecule has 6 heteroatoms. The second-order valence-electron chi connectivity index (χ2n) is 15.9. The zero-order valence-corrected chi connectivity index (χ0v) is 31.1.